The summed E-state index contributed by atoms with van der Waals surface area (Å²) in [6.45, 7) is 4.80. The summed E-state index contributed by atoms with van der Waals surface area (Å²) in [5, 5.41) is 23.1. The van der Waals surface area contributed by atoms with E-state index >= 15 is 0 Å². The molecule has 0 fully saturated rings. The van der Waals surface area contributed by atoms with Crippen LogP contribution in [0.15, 0.2) is 36.5 Å². The summed E-state index contributed by atoms with van der Waals surface area (Å²) in [6.07, 6.45) is 58.6. The number of amides is 1. The van der Waals surface area contributed by atoms with Crippen molar-refractivity contribution >= 4 is 11.9 Å². The van der Waals surface area contributed by atoms with Crippen LogP contribution in [-0.4, -0.2) is 47.4 Å². The molecular formula is C53H99NO5. The van der Waals surface area contributed by atoms with Crippen molar-refractivity contribution in [3.8, 4) is 0 Å². The van der Waals surface area contributed by atoms with Gasteiger partial charge in [0.05, 0.1) is 25.4 Å². The number of hydrogen-bond donors (Lipinski definition) is 3. The minimum absolute atomic E-state index is 0.0358. The van der Waals surface area contributed by atoms with Crippen molar-refractivity contribution in [1.82, 2.24) is 5.32 Å². The highest BCUT2D eigenvalue weighted by Crippen LogP contribution is 2.15. The summed E-state index contributed by atoms with van der Waals surface area (Å²) in [6, 6.07) is -0.647. The van der Waals surface area contributed by atoms with Gasteiger partial charge in [0.15, 0.2) is 0 Å². The van der Waals surface area contributed by atoms with E-state index in [4.69, 9.17) is 4.74 Å². The van der Waals surface area contributed by atoms with E-state index in [2.05, 4.69) is 43.5 Å². The molecule has 0 radical (unpaired) electrons. The van der Waals surface area contributed by atoms with Crippen LogP contribution >= 0.6 is 0 Å². The van der Waals surface area contributed by atoms with Crippen LogP contribution in [0.3, 0.4) is 0 Å². The number of aliphatic hydroxyl groups is 2. The minimum Gasteiger partial charge on any atom is -0.466 e. The van der Waals surface area contributed by atoms with Crippen molar-refractivity contribution in [2.45, 2.75) is 276 Å². The standard InChI is InChI=1S/C53H99NO5/c1-3-5-7-9-11-13-15-16-17-18-19-20-21-22-26-29-33-37-41-45-51(56)50(49-55)54-52(57)46-42-38-34-30-27-23-24-28-32-36-40-44-48-59-53(58)47-43-39-35-31-25-14-12-10-8-6-4-2/h10,12,24,28,41,45,50-51,55-56H,3-9,11,13-23,25-27,29-40,42-44,46-49H2,1-2H3,(H,54,57)/b12-10-,28-24-,45-41+. The zero-order valence-corrected chi connectivity index (χ0v) is 39.2. The third kappa shape index (κ3) is 45.4. The van der Waals surface area contributed by atoms with Gasteiger partial charge >= 0.3 is 5.97 Å². The van der Waals surface area contributed by atoms with E-state index in [9.17, 15) is 19.8 Å². The first-order valence-electron chi connectivity index (χ1n) is 25.8. The fraction of sp³-hybridized carbons (Fsp3) is 0.849. The van der Waals surface area contributed by atoms with Gasteiger partial charge in [0.2, 0.25) is 5.91 Å². The fourth-order valence-corrected chi connectivity index (χ4v) is 7.61. The zero-order valence-electron chi connectivity index (χ0n) is 39.2. The summed E-state index contributed by atoms with van der Waals surface area (Å²) in [7, 11) is 0. The molecular weight excluding hydrogens is 731 g/mol. The van der Waals surface area contributed by atoms with Crippen LogP contribution < -0.4 is 5.32 Å². The van der Waals surface area contributed by atoms with E-state index in [0.29, 0.717) is 19.4 Å². The predicted molar refractivity (Wildman–Crippen MR) is 255 cm³/mol. The summed E-state index contributed by atoms with van der Waals surface area (Å²) in [4.78, 5) is 24.4. The van der Waals surface area contributed by atoms with Crippen molar-refractivity contribution in [2.75, 3.05) is 13.2 Å². The summed E-state index contributed by atoms with van der Waals surface area (Å²) in [5.41, 5.74) is 0. The van der Waals surface area contributed by atoms with Crippen molar-refractivity contribution in [3.63, 3.8) is 0 Å². The number of allylic oxidation sites excluding steroid dienone is 5. The first-order chi connectivity index (χ1) is 29.0. The maximum absolute atomic E-state index is 12.4. The van der Waals surface area contributed by atoms with E-state index in [1.807, 2.05) is 6.08 Å². The van der Waals surface area contributed by atoms with Crippen LogP contribution in [0, 0.1) is 0 Å². The van der Waals surface area contributed by atoms with E-state index in [-0.39, 0.29) is 18.5 Å². The van der Waals surface area contributed by atoms with Gasteiger partial charge in [0.25, 0.3) is 0 Å². The molecule has 0 bridgehead atoms. The molecule has 0 rings (SSSR count). The fourth-order valence-electron chi connectivity index (χ4n) is 7.61. The van der Waals surface area contributed by atoms with Gasteiger partial charge in [0, 0.05) is 12.8 Å². The average Bonchev–Trinajstić information content (AvgIpc) is 3.24. The first-order valence-corrected chi connectivity index (χ1v) is 25.8. The molecule has 0 spiro atoms. The Morgan fingerprint density at radius 1 is 0.458 bits per heavy atom. The Balaban J connectivity index is 3.57. The Morgan fingerprint density at radius 2 is 0.814 bits per heavy atom. The lowest BCUT2D eigenvalue weighted by atomic mass is 10.0. The van der Waals surface area contributed by atoms with Gasteiger partial charge in [-0.15, -0.1) is 0 Å². The normalized spacial score (nSPS) is 12.9. The number of carbonyl (C=O) groups is 2. The van der Waals surface area contributed by atoms with Crippen molar-refractivity contribution in [1.29, 1.82) is 0 Å². The number of aliphatic hydroxyl groups excluding tert-OH is 2. The summed E-state index contributed by atoms with van der Waals surface area (Å²) in [5.74, 6) is -0.130. The number of nitrogens with one attached hydrogen (secondary N) is 1. The Labute approximate surface area is 366 Å². The molecule has 0 aliphatic rings. The van der Waals surface area contributed by atoms with Crippen molar-refractivity contribution in [2.24, 2.45) is 0 Å². The van der Waals surface area contributed by atoms with Gasteiger partial charge in [-0.1, -0.05) is 204 Å². The monoisotopic (exact) mass is 830 g/mol. The van der Waals surface area contributed by atoms with Gasteiger partial charge in [-0.25, -0.2) is 0 Å². The number of hydrogen-bond acceptors (Lipinski definition) is 5. The molecule has 346 valence electrons. The van der Waals surface area contributed by atoms with Gasteiger partial charge in [-0.2, -0.15) is 0 Å². The number of rotatable bonds is 47. The van der Waals surface area contributed by atoms with Gasteiger partial charge in [-0.05, 0) is 83.5 Å². The molecule has 0 aliphatic heterocycles. The second kappa shape index (κ2) is 48.7. The predicted octanol–water partition coefficient (Wildman–Crippen LogP) is 15.3. The van der Waals surface area contributed by atoms with Gasteiger partial charge in [-0.3, -0.25) is 9.59 Å². The molecule has 6 heteroatoms. The third-order valence-corrected chi connectivity index (χ3v) is 11.6. The summed E-state index contributed by atoms with van der Waals surface area (Å²) < 4.78 is 5.42. The largest absolute Gasteiger partial charge is 0.466 e. The van der Waals surface area contributed by atoms with E-state index in [0.717, 1.165) is 83.5 Å². The number of unbranched alkanes of at least 4 members (excludes halogenated alkanes) is 32. The molecule has 0 aliphatic carbocycles. The SMILES string of the molecule is CCCC/C=C\CCCCCCCC(=O)OCCCCC/C=C\CCCCCCCC(=O)NC(CO)C(O)/C=C/CCCCCCCCCCCCCCCCCCC. The second-order valence-corrected chi connectivity index (χ2v) is 17.5. The molecule has 0 aromatic rings. The van der Waals surface area contributed by atoms with E-state index < -0.39 is 12.1 Å². The molecule has 2 unspecified atom stereocenters. The lowest BCUT2D eigenvalue weighted by molar-refractivity contribution is -0.143. The Kier molecular flexibility index (Phi) is 47.2. The molecule has 0 heterocycles. The highest BCUT2D eigenvalue weighted by molar-refractivity contribution is 5.76. The van der Waals surface area contributed by atoms with Gasteiger partial charge in [0.1, 0.15) is 0 Å². The lowest BCUT2D eigenvalue weighted by Crippen LogP contribution is -2.45. The van der Waals surface area contributed by atoms with Crippen LogP contribution in [0.4, 0.5) is 0 Å². The van der Waals surface area contributed by atoms with Gasteiger partial charge < -0.3 is 20.3 Å². The molecule has 59 heavy (non-hydrogen) atoms. The average molecular weight is 830 g/mol. The summed E-state index contributed by atoms with van der Waals surface area (Å²) >= 11 is 0. The molecule has 1 amide bonds. The van der Waals surface area contributed by atoms with Crippen LogP contribution in [0.25, 0.3) is 0 Å². The molecule has 0 aromatic carbocycles. The Hall–Kier alpha value is -1.92. The zero-order chi connectivity index (χ0) is 43.0. The van der Waals surface area contributed by atoms with E-state index in [1.165, 1.54) is 154 Å². The van der Waals surface area contributed by atoms with Crippen LogP contribution in [0.2, 0.25) is 0 Å². The third-order valence-electron chi connectivity index (χ3n) is 11.6. The van der Waals surface area contributed by atoms with Crippen LogP contribution in [0.1, 0.15) is 264 Å². The molecule has 6 nitrogen and oxygen atoms in total. The minimum atomic E-state index is -0.861. The molecule has 0 saturated carbocycles. The lowest BCUT2D eigenvalue weighted by Gasteiger charge is -2.20. The van der Waals surface area contributed by atoms with Crippen LogP contribution in [0.5, 0.6) is 0 Å². The van der Waals surface area contributed by atoms with Crippen molar-refractivity contribution in [3.05, 3.63) is 36.5 Å². The molecule has 2 atom stereocenters. The quantitative estimate of drug-likeness (QED) is 0.0323. The van der Waals surface area contributed by atoms with E-state index in [1.54, 1.807) is 6.08 Å². The highest BCUT2D eigenvalue weighted by atomic mass is 16.5. The Bertz CT molecular complexity index is 962. The number of ether oxygens (including phenoxy) is 1. The van der Waals surface area contributed by atoms with Crippen molar-refractivity contribution < 1.29 is 24.5 Å². The number of carbonyl (C=O) groups excluding carboxylic acids is 2. The first kappa shape index (κ1) is 57.1. The smallest absolute Gasteiger partial charge is 0.305 e. The maximum atomic E-state index is 12.4. The number of esters is 1. The molecule has 0 aromatic heterocycles. The highest BCUT2D eigenvalue weighted by Gasteiger charge is 2.18. The topological polar surface area (TPSA) is 95.9 Å². The molecule has 3 N–H and O–H groups in total. The molecule has 0 saturated heterocycles. The van der Waals surface area contributed by atoms with Crippen LogP contribution in [-0.2, 0) is 14.3 Å². The Morgan fingerprint density at radius 3 is 1.25 bits per heavy atom. The maximum Gasteiger partial charge on any atom is 0.305 e. The second-order valence-electron chi connectivity index (χ2n) is 17.5.